The van der Waals surface area contributed by atoms with E-state index in [-0.39, 0.29) is 35.8 Å². The fourth-order valence-electron chi connectivity index (χ4n) is 4.91. The fourth-order valence-corrected chi connectivity index (χ4v) is 4.91. The number of aryl methyl sites for hydroxylation is 2. The van der Waals surface area contributed by atoms with Crippen molar-refractivity contribution < 1.29 is 19.2 Å². The predicted octanol–water partition coefficient (Wildman–Crippen LogP) is 1.79. The number of carbonyl (C=O) groups excluding carboxylic acids is 2. The van der Waals surface area contributed by atoms with Crippen molar-refractivity contribution in [2.45, 2.75) is 71.1 Å². The molecule has 4 fully saturated rings. The first-order valence-corrected chi connectivity index (χ1v) is 10.1. The summed E-state index contributed by atoms with van der Waals surface area (Å²) in [5.41, 5.74) is 1.81. The molecule has 7 heteroatoms. The predicted molar refractivity (Wildman–Crippen MR) is 97.6 cm³/mol. The lowest BCUT2D eigenvalue weighted by Gasteiger charge is -2.36. The van der Waals surface area contributed by atoms with E-state index in [1.807, 2.05) is 23.6 Å². The third kappa shape index (κ3) is 3.49. The molecule has 2 amide bonds. The van der Waals surface area contributed by atoms with Crippen LogP contribution in [-0.4, -0.2) is 57.1 Å². The molecule has 7 nitrogen and oxygen atoms in total. The van der Waals surface area contributed by atoms with E-state index in [1.54, 1.807) is 0 Å². The highest BCUT2D eigenvalue weighted by Gasteiger charge is 2.43. The fraction of sp³-hybridized carbons (Fsp3) is 0.750. The van der Waals surface area contributed by atoms with Gasteiger partial charge in [-0.2, -0.15) is 0 Å². The Bertz CT molecular complexity index is 703. The van der Waals surface area contributed by atoms with Crippen LogP contribution in [0.2, 0.25) is 0 Å². The van der Waals surface area contributed by atoms with Crippen molar-refractivity contribution in [1.29, 1.82) is 0 Å². The van der Waals surface area contributed by atoms with Gasteiger partial charge in [-0.05, 0) is 52.4 Å². The standard InChI is InChI=1S/C20H29N3O4/c1-12-18(13(2)27-21-12)11-23-16-6-3-15(20(23)26)9-22(10-16)19(25)14-4-7-17(24)8-5-14/h14-17,24H,3-11H2,1-2H3/t14?,15-,16+,17?/m0/s1. The lowest BCUT2D eigenvalue weighted by molar-refractivity contribution is -0.140. The molecule has 1 aromatic rings. The molecule has 0 radical (unpaired) electrons. The maximum absolute atomic E-state index is 13.1. The van der Waals surface area contributed by atoms with Gasteiger partial charge < -0.3 is 19.4 Å². The molecule has 0 spiro atoms. The quantitative estimate of drug-likeness (QED) is 0.870. The van der Waals surface area contributed by atoms with Gasteiger partial charge in [0.2, 0.25) is 11.8 Å². The lowest BCUT2D eigenvalue weighted by atomic mass is 9.86. The number of hydrogen-bond donors (Lipinski definition) is 1. The molecule has 5 rings (SSSR count). The molecule has 0 unspecified atom stereocenters. The minimum Gasteiger partial charge on any atom is -0.393 e. The highest BCUT2D eigenvalue weighted by molar-refractivity contribution is 5.84. The molecule has 0 aromatic carbocycles. The maximum Gasteiger partial charge on any atom is 0.228 e. The molecular weight excluding hydrogens is 346 g/mol. The number of hydrogen-bond acceptors (Lipinski definition) is 5. The average molecular weight is 375 g/mol. The maximum atomic E-state index is 13.1. The van der Waals surface area contributed by atoms with E-state index in [9.17, 15) is 14.7 Å². The average Bonchev–Trinajstić information content (AvgIpc) is 2.83. The summed E-state index contributed by atoms with van der Waals surface area (Å²) in [5, 5.41) is 13.7. The first-order chi connectivity index (χ1) is 12.9. The number of amides is 2. The third-order valence-corrected chi connectivity index (χ3v) is 6.66. The van der Waals surface area contributed by atoms with Gasteiger partial charge in [-0.15, -0.1) is 0 Å². The van der Waals surface area contributed by atoms with E-state index in [1.165, 1.54) is 0 Å². The SMILES string of the molecule is Cc1noc(C)c1CN1C(=O)[C@H]2CC[C@@H]1CN(C(=O)C1CCC(O)CC1)C2. The van der Waals surface area contributed by atoms with Crippen molar-refractivity contribution in [3.8, 4) is 0 Å². The molecule has 4 heterocycles. The van der Waals surface area contributed by atoms with Gasteiger partial charge in [0, 0.05) is 30.6 Å². The molecule has 4 aliphatic rings. The lowest BCUT2D eigenvalue weighted by Crippen LogP contribution is -2.47. The van der Waals surface area contributed by atoms with E-state index in [2.05, 4.69) is 5.16 Å². The zero-order valence-electron chi connectivity index (χ0n) is 16.2. The monoisotopic (exact) mass is 375 g/mol. The van der Waals surface area contributed by atoms with Gasteiger partial charge in [0.25, 0.3) is 0 Å². The summed E-state index contributed by atoms with van der Waals surface area (Å²) in [4.78, 5) is 30.0. The smallest absolute Gasteiger partial charge is 0.228 e. The summed E-state index contributed by atoms with van der Waals surface area (Å²) < 4.78 is 5.26. The number of fused-ring (bicyclic) bond motifs is 4. The van der Waals surface area contributed by atoms with Crippen LogP contribution in [0.1, 0.15) is 55.5 Å². The highest BCUT2D eigenvalue weighted by atomic mass is 16.5. The van der Waals surface area contributed by atoms with Crippen LogP contribution in [-0.2, 0) is 16.1 Å². The van der Waals surface area contributed by atoms with Gasteiger partial charge in [-0.3, -0.25) is 9.59 Å². The van der Waals surface area contributed by atoms with Crippen LogP contribution >= 0.6 is 0 Å². The van der Waals surface area contributed by atoms with Crippen molar-refractivity contribution in [3.05, 3.63) is 17.0 Å². The molecule has 27 heavy (non-hydrogen) atoms. The minimum atomic E-state index is -0.263. The number of aromatic nitrogens is 1. The van der Waals surface area contributed by atoms with Crippen LogP contribution in [0.25, 0.3) is 0 Å². The Labute approximate surface area is 159 Å². The van der Waals surface area contributed by atoms with Gasteiger partial charge in [-0.25, -0.2) is 0 Å². The van der Waals surface area contributed by atoms with E-state index >= 15 is 0 Å². The van der Waals surface area contributed by atoms with Crippen LogP contribution < -0.4 is 0 Å². The molecule has 1 N–H and O–H groups in total. The van der Waals surface area contributed by atoms with Crippen molar-refractivity contribution >= 4 is 11.8 Å². The first-order valence-electron chi connectivity index (χ1n) is 10.1. The van der Waals surface area contributed by atoms with E-state index in [0.717, 1.165) is 42.7 Å². The van der Waals surface area contributed by atoms with Crippen LogP contribution in [0.4, 0.5) is 0 Å². The summed E-state index contributed by atoms with van der Waals surface area (Å²) in [7, 11) is 0. The minimum absolute atomic E-state index is 0.00276. The molecule has 1 aliphatic carbocycles. The summed E-state index contributed by atoms with van der Waals surface area (Å²) in [6, 6.07) is 0.0584. The van der Waals surface area contributed by atoms with Gasteiger partial charge in [0.05, 0.1) is 24.3 Å². The van der Waals surface area contributed by atoms with Crippen molar-refractivity contribution in [2.75, 3.05) is 13.1 Å². The van der Waals surface area contributed by atoms with Crippen LogP contribution in [0.15, 0.2) is 4.52 Å². The Morgan fingerprint density at radius 1 is 1.15 bits per heavy atom. The summed E-state index contributed by atoms with van der Waals surface area (Å²) in [6.45, 7) is 5.44. The highest BCUT2D eigenvalue weighted by Crippen LogP contribution is 2.33. The largest absolute Gasteiger partial charge is 0.393 e. The van der Waals surface area contributed by atoms with Crippen LogP contribution in [0, 0.1) is 25.7 Å². The second-order valence-corrected chi connectivity index (χ2v) is 8.45. The number of nitrogens with zero attached hydrogens (tertiary/aromatic N) is 3. The van der Waals surface area contributed by atoms with Crippen molar-refractivity contribution in [2.24, 2.45) is 11.8 Å². The van der Waals surface area contributed by atoms with Crippen LogP contribution in [0.5, 0.6) is 0 Å². The van der Waals surface area contributed by atoms with Gasteiger partial charge in [0.15, 0.2) is 0 Å². The Balaban J connectivity index is 1.49. The number of aliphatic hydroxyl groups is 1. The molecular formula is C20H29N3O4. The Kier molecular flexibility index (Phi) is 4.97. The molecule has 1 aromatic heterocycles. The van der Waals surface area contributed by atoms with Gasteiger partial charge in [0.1, 0.15) is 5.76 Å². The van der Waals surface area contributed by atoms with E-state index < -0.39 is 0 Å². The summed E-state index contributed by atoms with van der Waals surface area (Å²) in [6.07, 6.45) is 4.44. The summed E-state index contributed by atoms with van der Waals surface area (Å²) in [5.74, 6) is 0.972. The first kappa shape index (κ1) is 18.5. The number of rotatable bonds is 3. The molecule has 3 aliphatic heterocycles. The van der Waals surface area contributed by atoms with Crippen molar-refractivity contribution in [1.82, 2.24) is 15.0 Å². The molecule has 2 atom stereocenters. The van der Waals surface area contributed by atoms with E-state index in [4.69, 9.17) is 4.52 Å². The van der Waals surface area contributed by atoms with E-state index in [0.29, 0.717) is 32.5 Å². The topological polar surface area (TPSA) is 86.9 Å². The Morgan fingerprint density at radius 2 is 1.89 bits per heavy atom. The Morgan fingerprint density at radius 3 is 2.56 bits per heavy atom. The summed E-state index contributed by atoms with van der Waals surface area (Å²) >= 11 is 0. The Hall–Kier alpha value is -1.89. The second kappa shape index (κ2) is 7.26. The zero-order valence-corrected chi connectivity index (χ0v) is 16.2. The zero-order chi connectivity index (χ0) is 19.1. The third-order valence-electron chi connectivity index (χ3n) is 6.66. The number of carbonyl (C=O) groups is 2. The second-order valence-electron chi connectivity index (χ2n) is 8.45. The molecule has 3 saturated heterocycles. The molecule has 1 saturated carbocycles. The van der Waals surface area contributed by atoms with Crippen molar-refractivity contribution in [3.63, 3.8) is 0 Å². The van der Waals surface area contributed by atoms with Gasteiger partial charge in [-0.1, -0.05) is 5.16 Å². The molecule has 2 bridgehead atoms. The molecule has 148 valence electrons. The normalized spacial score (nSPS) is 31.3. The number of aliphatic hydroxyl groups excluding tert-OH is 1. The van der Waals surface area contributed by atoms with Gasteiger partial charge >= 0.3 is 0 Å². The number of piperidine rings is 1. The van der Waals surface area contributed by atoms with Crippen LogP contribution in [0.3, 0.4) is 0 Å².